The molecule has 1 aliphatic heterocycles. The Morgan fingerprint density at radius 3 is 1.83 bits per heavy atom. The van der Waals surface area contributed by atoms with Crippen LogP contribution in [0.4, 0.5) is 0 Å². The third-order valence-electron chi connectivity index (χ3n) is 11.0. The second-order valence-electron chi connectivity index (χ2n) is 14.9. The molecule has 0 N–H and O–H groups in total. The van der Waals surface area contributed by atoms with Gasteiger partial charge in [0.05, 0.1) is 38.6 Å². The van der Waals surface area contributed by atoms with Gasteiger partial charge in [0, 0.05) is 27.6 Å². The normalized spacial score (nSPS) is 14.2. The molecule has 0 saturated carbocycles. The van der Waals surface area contributed by atoms with Gasteiger partial charge in [0.25, 0.3) is 11.8 Å². The molecule has 52 heavy (non-hydrogen) atoms. The van der Waals surface area contributed by atoms with Gasteiger partial charge >= 0.3 is 0 Å². The summed E-state index contributed by atoms with van der Waals surface area (Å²) in [5.74, 6) is 2.61. The lowest BCUT2D eigenvalue weighted by atomic mass is 10.0. The number of amides is 2. The summed E-state index contributed by atoms with van der Waals surface area (Å²) in [7, 11) is 0. The topological polar surface area (TPSA) is 55.8 Å². The van der Waals surface area contributed by atoms with Crippen LogP contribution in [0.2, 0.25) is 0 Å². The number of thiophene rings is 3. The fraction of sp³-hybridized carbons (Fsp3) is 0.636. The van der Waals surface area contributed by atoms with Crippen LogP contribution >= 0.6 is 34.0 Å². The largest absolute Gasteiger partial charge is 0.491 e. The molecule has 286 valence electrons. The van der Waals surface area contributed by atoms with E-state index in [-0.39, 0.29) is 11.8 Å². The zero-order chi connectivity index (χ0) is 36.9. The van der Waals surface area contributed by atoms with Crippen molar-refractivity contribution >= 4 is 66.0 Å². The van der Waals surface area contributed by atoms with Crippen LogP contribution in [0.25, 0.3) is 29.9 Å². The first kappa shape index (κ1) is 40.8. The molecule has 5 rings (SSSR count). The van der Waals surface area contributed by atoms with E-state index in [2.05, 4.69) is 52.1 Å². The summed E-state index contributed by atoms with van der Waals surface area (Å²) in [6.07, 6.45) is 21.6. The Hall–Kier alpha value is -2.42. The molecule has 2 amide bonds. The van der Waals surface area contributed by atoms with E-state index in [9.17, 15) is 9.59 Å². The first-order chi connectivity index (χ1) is 25.5. The van der Waals surface area contributed by atoms with Gasteiger partial charge in [-0.05, 0) is 48.6 Å². The lowest BCUT2D eigenvalue weighted by molar-refractivity contribution is 0.0651. The number of benzene rings is 1. The van der Waals surface area contributed by atoms with Crippen molar-refractivity contribution in [3.8, 4) is 21.3 Å². The van der Waals surface area contributed by atoms with Crippen molar-refractivity contribution in [2.75, 3.05) is 19.8 Å². The Balaban J connectivity index is 1.39. The van der Waals surface area contributed by atoms with Gasteiger partial charge in [0.15, 0.2) is 0 Å². The average Bonchev–Trinajstić information content (AvgIpc) is 3.96. The summed E-state index contributed by atoms with van der Waals surface area (Å²) in [6.45, 7) is 13.2. The number of nitrogens with zero attached hydrogens (tertiary/aromatic N) is 1. The van der Waals surface area contributed by atoms with E-state index in [1.165, 1.54) is 106 Å². The van der Waals surface area contributed by atoms with Gasteiger partial charge in [0.2, 0.25) is 0 Å². The van der Waals surface area contributed by atoms with E-state index >= 15 is 0 Å². The lowest BCUT2D eigenvalue weighted by Crippen LogP contribution is -2.30. The van der Waals surface area contributed by atoms with Crippen molar-refractivity contribution in [1.29, 1.82) is 0 Å². The third-order valence-corrected chi connectivity index (χ3v) is 14.2. The number of carbonyl (C=O) groups excluding carboxylic acids is 2. The van der Waals surface area contributed by atoms with E-state index in [0.29, 0.717) is 42.7 Å². The van der Waals surface area contributed by atoms with E-state index in [4.69, 9.17) is 9.47 Å². The number of imide groups is 1. The number of rotatable bonds is 26. The highest BCUT2D eigenvalue weighted by Crippen LogP contribution is 2.52. The van der Waals surface area contributed by atoms with Crippen LogP contribution in [0, 0.1) is 11.8 Å². The molecule has 0 bridgehead atoms. The van der Waals surface area contributed by atoms with Gasteiger partial charge in [-0.2, -0.15) is 0 Å². The monoisotopic (exact) mass is 765 g/mol. The lowest BCUT2D eigenvalue weighted by Gasteiger charge is -2.19. The number of fused-ring (bicyclic) bond motifs is 3. The van der Waals surface area contributed by atoms with Crippen molar-refractivity contribution in [2.24, 2.45) is 11.8 Å². The zero-order valence-electron chi connectivity index (χ0n) is 32.6. The highest BCUT2D eigenvalue weighted by Gasteiger charge is 2.39. The van der Waals surface area contributed by atoms with Gasteiger partial charge in [-0.15, -0.1) is 34.0 Å². The Labute approximate surface area is 325 Å². The van der Waals surface area contributed by atoms with Crippen molar-refractivity contribution in [1.82, 2.24) is 4.90 Å². The van der Waals surface area contributed by atoms with Crippen LogP contribution in [-0.4, -0.2) is 36.5 Å². The van der Waals surface area contributed by atoms with Crippen LogP contribution in [0.1, 0.15) is 171 Å². The maximum atomic E-state index is 13.9. The molecular weight excluding hydrogens is 703 g/mol. The second kappa shape index (κ2) is 20.9. The van der Waals surface area contributed by atoms with Crippen LogP contribution in [0.5, 0.6) is 11.5 Å². The molecule has 2 unspecified atom stereocenters. The average molecular weight is 766 g/mol. The molecule has 0 radical (unpaired) electrons. The summed E-state index contributed by atoms with van der Waals surface area (Å²) in [5, 5.41) is 6.22. The van der Waals surface area contributed by atoms with Gasteiger partial charge in [0.1, 0.15) is 11.5 Å². The summed E-state index contributed by atoms with van der Waals surface area (Å²) in [5.41, 5.74) is 1.14. The molecule has 4 aromatic rings. The highest BCUT2D eigenvalue weighted by molar-refractivity contribution is 7.26. The summed E-state index contributed by atoms with van der Waals surface area (Å²) < 4.78 is 15.8. The molecule has 0 saturated heterocycles. The minimum atomic E-state index is -0.137. The number of hydrogen-bond acceptors (Lipinski definition) is 7. The number of hydrogen-bond donors (Lipinski definition) is 0. The van der Waals surface area contributed by atoms with Crippen LogP contribution in [-0.2, 0) is 0 Å². The fourth-order valence-corrected chi connectivity index (χ4v) is 10.7. The van der Waals surface area contributed by atoms with E-state index < -0.39 is 0 Å². The summed E-state index contributed by atoms with van der Waals surface area (Å²) in [4.78, 5) is 30.8. The molecule has 1 aromatic carbocycles. The summed E-state index contributed by atoms with van der Waals surface area (Å²) in [6, 6.07) is 4.39. The van der Waals surface area contributed by atoms with Gasteiger partial charge in [-0.3, -0.25) is 14.5 Å². The Bertz CT molecular complexity index is 1640. The molecule has 8 heteroatoms. The molecule has 0 aliphatic carbocycles. The molecule has 1 aliphatic rings. The van der Waals surface area contributed by atoms with E-state index in [0.717, 1.165) is 67.1 Å². The van der Waals surface area contributed by atoms with Crippen LogP contribution < -0.4 is 9.47 Å². The predicted molar refractivity (Wildman–Crippen MR) is 225 cm³/mol. The molecule has 0 spiro atoms. The van der Waals surface area contributed by atoms with E-state index in [1.54, 1.807) is 22.7 Å². The minimum Gasteiger partial charge on any atom is -0.491 e. The second-order valence-corrected chi connectivity index (χ2v) is 17.8. The summed E-state index contributed by atoms with van der Waals surface area (Å²) >= 11 is 4.91. The van der Waals surface area contributed by atoms with Crippen LogP contribution in [0.3, 0.4) is 0 Å². The third kappa shape index (κ3) is 9.81. The number of unbranched alkanes of at least 4 members (excludes halogenated alkanes) is 11. The van der Waals surface area contributed by atoms with E-state index in [1.807, 2.05) is 5.38 Å². The Kier molecular flexibility index (Phi) is 16.4. The smallest absolute Gasteiger partial charge is 0.263 e. The zero-order valence-corrected chi connectivity index (χ0v) is 35.1. The van der Waals surface area contributed by atoms with Gasteiger partial charge in [-0.25, -0.2) is 0 Å². The standard InChI is InChI=1S/C44H63NO4S3/c1-6-11-14-15-16-17-18-19-20-21-25-45-43(46)35-30-51-42(37(35)44(45)47)36-27-34-39(49-29-32(10-5)23-13-8-3)40-33(24-26-50-40)38(41(34)52-36)48-28-31(9-4)22-12-7-2/h24,26-27,30-32H,6-23,25,28-29H2,1-5H3. The highest BCUT2D eigenvalue weighted by atomic mass is 32.1. The first-order valence-corrected chi connectivity index (χ1v) is 23.2. The van der Waals surface area contributed by atoms with Crippen LogP contribution in [0.15, 0.2) is 22.9 Å². The van der Waals surface area contributed by atoms with Gasteiger partial charge in [-0.1, -0.05) is 131 Å². The fourth-order valence-electron chi connectivity index (χ4n) is 7.48. The van der Waals surface area contributed by atoms with Gasteiger partial charge < -0.3 is 9.47 Å². The Morgan fingerprint density at radius 1 is 0.654 bits per heavy atom. The molecular formula is C44H63NO4S3. The van der Waals surface area contributed by atoms with Crippen molar-refractivity contribution < 1.29 is 19.1 Å². The van der Waals surface area contributed by atoms with Crippen molar-refractivity contribution in [3.05, 3.63) is 34.0 Å². The Morgan fingerprint density at radius 2 is 1.23 bits per heavy atom. The first-order valence-electron chi connectivity index (χ1n) is 20.7. The quantitative estimate of drug-likeness (QED) is 0.0472. The molecule has 5 nitrogen and oxygen atoms in total. The maximum absolute atomic E-state index is 13.9. The molecule has 3 aromatic heterocycles. The predicted octanol–water partition coefficient (Wildman–Crippen LogP) is 14.6. The van der Waals surface area contributed by atoms with Crippen molar-refractivity contribution in [3.63, 3.8) is 0 Å². The van der Waals surface area contributed by atoms with Crippen molar-refractivity contribution in [2.45, 2.75) is 150 Å². The number of carbonyl (C=O) groups is 2. The molecule has 4 heterocycles. The number of ether oxygens (including phenoxy) is 2. The minimum absolute atomic E-state index is 0.136. The maximum Gasteiger partial charge on any atom is 0.263 e. The SMILES string of the molecule is CCCCCCCCCCCCN1C(=O)c2csc(-c3cc4c(OCC(CC)CCCC)c5sccc5c(OCC(CC)CCCC)c4s3)c2C1=O. The molecule has 0 fully saturated rings. The molecule has 2 atom stereocenters.